The van der Waals surface area contributed by atoms with Crippen molar-refractivity contribution in [1.82, 2.24) is 0 Å². The summed E-state index contributed by atoms with van der Waals surface area (Å²) in [6.45, 7) is 0. The Kier molecular flexibility index (Phi) is 7.26. The van der Waals surface area contributed by atoms with Crippen molar-refractivity contribution in [2.24, 2.45) is 0 Å². The average molecular weight is 816 g/mol. The van der Waals surface area contributed by atoms with E-state index in [-0.39, 0.29) is 0 Å². The second-order valence-corrected chi connectivity index (χ2v) is 18.2. The Morgan fingerprint density at radius 1 is 0.302 bits per heavy atom. The van der Waals surface area contributed by atoms with Crippen LogP contribution in [-0.2, 0) is 5.41 Å². The molecule has 2 aliphatic carbocycles. The smallest absolute Gasteiger partial charge is 0.0746 e. The van der Waals surface area contributed by atoms with Gasteiger partial charge in [0, 0.05) is 37.0 Å². The van der Waals surface area contributed by atoms with Gasteiger partial charge in [-0.05, 0) is 113 Å². The molecule has 0 radical (unpaired) electrons. The molecule has 63 heavy (non-hydrogen) atoms. The third kappa shape index (κ3) is 4.71. The average Bonchev–Trinajstić information content (AvgIpc) is 3.98. The number of fused-ring (bicyclic) bond motifs is 19. The van der Waals surface area contributed by atoms with Gasteiger partial charge in [0.2, 0.25) is 0 Å². The molecular weight excluding hydrogens is 779 g/mol. The van der Waals surface area contributed by atoms with Gasteiger partial charge in [-0.25, -0.2) is 0 Å². The van der Waals surface area contributed by atoms with E-state index >= 15 is 0 Å². The molecule has 0 fully saturated rings. The van der Waals surface area contributed by atoms with Crippen molar-refractivity contribution >= 4 is 80.9 Å². The van der Waals surface area contributed by atoms with Crippen LogP contribution in [0.2, 0.25) is 0 Å². The van der Waals surface area contributed by atoms with Crippen molar-refractivity contribution in [3.05, 3.63) is 247 Å². The SMILES string of the molecule is c1ccc(N(c2ccc3c4ccccc4c4ccccc4c3c2)c2cccc3c2C2(c4ccccc4-c4ccccc42)c2ccccc2-3)c(-c2ccc3c(c2)sc2ccccc23)c1. The fourth-order valence-electron chi connectivity index (χ4n) is 11.6. The lowest BCUT2D eigenvalue weighted by molar-refractivity contribution is 0.793. The number of anilines is 3. The Balaban J connectivity index is 1.11. The maximum atomic E-state index is 2.59. The normalized spacial score (nSPS) is 13.2. The summed E-state index contributed by atoms with van der Waals surface area (Å²) in [6.07, 6.45) is 0. The lowest BCUT2D eigenvalue weighted by atomic mass is 9.70. The number of hydrogen-bond acceptors (Lipinski definition) is 2. The molecule has 0 atom stereocenters. The minimum absolute atomic E-state index is 0.529. The first-order valence-electron chi connectivity index (χ1n) is 21.8. The van der Waals surface area contributed by atoms with Gasteiger partial charge in [0.25, 0.3) is 0 Å². The second-order valence-electron chi connectivity index (χ2n) is 17.1. The van der Waals surface area contributed by atoms with Gasteiger partial charge < -0.3 is 4.90 Å². The highest BCUT2D eigenvalue weighted by molar-refractivity contribution is 7.25. The molecule has 1 aromatic heterocycles. The lowest BCUT2D eigenvalue weighted by Crippen LogP contribution is -2.28. The number of benzene rings is 11. The van der Waals surface area contributed by atoms with Crippen LogP contribution in [0.3, 0.4) is 0 Å². The molecule has 2 aliphatic rings. The van der Waals surface area contributed by atoms with E-state index in [9.17, 15) is 0 Å². The van der Waals surface area contributed by atoms with Crippen molar-refractivity contribution in [3.8, 4) is 33.4 Å². The molecule has 1 spiro atoms. The number of hydrogen-bond donors (Lipinski definition) is 0. The highest BCUT2D eigenvalue weighted by Gasteiger charge is 2.53. The first-order valence-corrected chi connectivity index (χ1v) is 22.7. The standard InChI is InChI=1S/C61H37NS/c1-2-19-43-41(17-1)42-18-3-4-20-44(42)52-37-39(33-35-45(43)52)62(56-29-13-8-16-40(56)38-32-34-50-49-24-9-14-31-58(49)63-59(50)36-38)57-30-15-25-51-48-23-7-12-28-55(48)61(60(51)57)53-26-10-5-21-46(53)47-22-6-11-27-54(47)61/h1-37H. The molecule has 0 aliphatic heterocycles. The molecule has 0 unspecified atom stereocenters. The summed E-state index contributed by atoms with van der Waals surface area (Å²) in [7, 11) is 0. The van der Waals surface area contributed by atoms with Gasteiger partial charge in [-0.2, -0.15) is 0 Å². The third-order valence-corrected chi connectivity index (χ3v) is 15.2. The van der Waals surface area contributed by atoms with Crippen LogP contribution in [0, 0.1) is 0 Å². The molecule has 0 bridgehead atoms. The van der Waals surface area contributed by atoms with E-state index in [1.165, 1.54) is 114 Å². The number of rotatable bonds is 4. The predicted molar refractivity (Wildman–Crippen MR) is 268 cm³/mol. The first kappa shape index (κ1) is 34.9. The molecule has 14 rings (SSSR count). The highest BCUT2D eigenvalue weighted by Crippen LogP contribution is 2.65. The van der Waals surface area contributed by atoms with E-state index in [1.54, 1.807) is 0 Å². The van der Waals surface area contributed by atoms with Crippen LogP contribution in [0.5, 0.6) is 0 Å². The quantitative estimate of drug-likeness (QED) is 0.160. The maximum absolute atomic E-state index is 2.59. The number of thiophene rings is 1. The summed E-state index contributed by atoms with van der Waals surface area (Å²) >= 11 is 1.88. The third-order valence-electron chi connectivity index (χ3n) is 14.1. The number of nitrogens with zero attached hydrogens (tertiary/aromatic N) is 1. The minimum atomic E-state index is -0.529. The predicted octanol–water partition coefficient (Wildman–Crippen LogP) is 17.0. The van der Waals surface area contributed by atoms with Gasteiger partial charge in [-0.1, -0.05) is 188 Å². The largest absolute Gasteiger partial charge is 0.309 e. The molecule has 0 saturated carbocycles. The zero-order chi connectivity index (χ0) is 41.2. The van der Waals surface area contributed by atoms with E-state index in [1.807, 2.05) is 11.3 Å². The highest BCUT2D eigenvalue weighted by atomic mass is 32.1. The Morgan fingerprint density at radius 3 is 1.43 bits per heavy atom. The van der Waals surface area contributed by atoms with E-state index in [4.69, 9.17) is 0 Å². The first-order chi connectivity index (χ1) is 31.3. The van der Waals surface area contributed by atoms with Crippen LogP contribution >= 0.6 is 11.3 Å². The number of para-hydroxylation sites is 1. The summed E-state index contributed by atoms with van der Waals surface area (Å²) in [4.78, 5) is 2.59. The van der Waals surface area contributed by atoms with Crippen molar-refractivity contribution in [2.45, 2.75) is 5.41 Å². The van der Waals surface area contributed by atoms with Crippen LogP contribution in [0.4, 0.5) is 17.1 Å². The van der Waals surface area contributed by atoms with Gasteiger partial charge >= 0.3 is 0 Å². The van der Waals surface area contributed by atoms with Crippen molar-refractivity contribution in [2.75, 3.05) is 4.90 Å². The summed E-state index contributed by atoms with van der Waals surface area (Å²) in [5.41, 5.74) is 15.8. The summed E-state index contributed by atoms with van der Waals surface area (Å²) in [5.74, 6) is 0. The van der Waals surface area contributed by atoms with Gasteiger partial charge in [-0.3, -0.25) is 0 Å². The molecule has 292 valence electrons. The van der Waals surface area contributed by atoms with Crippen LogP contribution in [0.15, 0.2) is 224 Å². The molecule has 1 nitrogen and oxygen atoms in total. The van der Waals surface area contributed by atoms with Crippen molar-refractivity contribution in [1.29, 1.82) is 0 Å². The second kappa shape index (κ2) is 13.1. The van der Waals surface area contributed by atoms with Gasteiger partial charge in [-0.15, -0.1) is 11.3 Å². The zero-order valence-electron chi connectivity index (χ0n) is 34.2. The van der Waals surface area contributed by atoms with Crippen molar-refractivity contribution < 1.29 is 0 Å². The molecule has 11 aromatic carbocycles. The van der Waals surface area contributed by atoms with Gasteiger partial charge in [0.05, 0.1) is 16.8 Å². The summed E-state index contributed by atoms with van der Waals surface area (Å²) < 4.78 is 2.62. The van der Waals surface area contributed by atoms with E-state index in [2.05, 4.69) is 229 Å². The minimum Gasteiger partial charge on any atom is -0.309 e. The van der Waals surface area contributed by atoms with Crippen LogP contribution < -0.4 is 4.90 Å². The van der Waals surface area contributed by atoms with Crippen LogP contribution in [-0.4, -0.2) is 0 Å². The van der Waals surface area contributed by atoms with Crippen LogP contribution in [0.1, 0.15) is 22.3 Å². The Labute approximate surface area is 369 Å². The Morgan fingerprint density at radius 2 is 0.762 bits per heavy atom. The molecule has 0 saturated heterocycles. The van der Waals surface area contributed by atoms with Crippen molar-refractivity contribution in [3.63, 3.8) is 0 Å². The monoisotopic (exact) mass is 815 g/mol. The fourth-order valence-corrected chi connectivity index (χ4v) is 12.7. The zero-order valence-corrected chi connectivity index (χ0v) is 35.0. The van der Waals surface area contributed by atoms with Gasteiger partial charge in [0.15, 0.2) is 0 Å². The lowest BCUT2D eigenvalue weighted by Gasteiger charge is -2.36. The molecular formula is C61H37NS. The summed E-state index contributed by atoms with van der Waals surface area (Å²) in [6, 6.07) is 84.3. The van der Waals surface area contributed by atoms with Gasteiger partial charge in [0.1, 0.15) is 0 Å². The molecule has 0 N–H and O–H groups in total. The molecule has 0 amide bonds. The van der Waals surface area contributed by atoms with Crippen LogP contribution in [0.25, 0.3) is 85.9 Å². The fraction of sp³-hybridized carbons (Fsp3) is 0.0164. The Hall–Kier alpha value is -7.78. The van der Waals surface area contributed by atoms with E-state index < -0.39 is 5.41 Å². The molecule has 2 heteroatoms. The molecule has 12 aromatic rings. The topological polar surface area (TPSA) is 3.24 Å². The van der Waals surface area contributed by atoms with E-state index in [0.717, 1.165) is 11.4 Å². The maximum Gasteiger partial charge on any atom is 0.0746 e. The molecule has 1 heterocycles. The van der Waals surface area contributed by atoms with E-state index in [0.29, 0.717) is 0 Å². The summed E-state index contributed by atoms with van der Waals surface area (Å²) in [5, 5.41) is 10.2. The Bertz CT molecular complexity index is 3790.